The molecule has 0 bridgehead atoms. The molecule has 1 amide bonds. The van der Waals surface area contributed by atoms with E-state index in [2.05, 4.69) is 15.3 Å². The molecule has 0 spiro atoms. The van der Waals surface area contributed by atoms with Crippen LogP contribution in [0.4, 0.5) is 5.69 Å². The topological polar surface area (TPSA) is 105 Å². The van der Waals surface area contributed by atoms with E-state index in [1.54, 1.807) is 24.3 Å². The molecule has 0 saturated carbocycles. The number of para-hydroxylation sites is 1. The maximum atomic E-state index is 12.2. The van der Waals surface area contributed by atoms with Crippen LogP contribution in [-0.4, -0.2) is 34.2 Å². The molecule has 1 heterocycles. The van der Waals surface area contributed by atoms with Gasteiger partial charge in [-0.3, -0.25) is 9.59 Å². The summed E-state index contributed by atoms with van der Waals surface area (Å²) in [6.07, 6.45) is 1.50. The van der Waals surface area contributed by atoms with Gasteiger partial charge in [-0.1, -0.05) is 23.9 Å². The second-order valence-electron chi connectivity index (χ2n) is 6.14. The molecule has 1 N–H and O–H groups in total. The van der Waals surface area contributed by atoms with E-state index in [0.717, 1.165) is 17.0 Å². The number of hydrogen-bond acceptors (Lipinski definition) is 7. The summed E-state index contributed by atoms with van der Waals surface area (Å²) in [5.41, 5.74) is 3.31. The zero-order valence-corrected chi connectivity index (χ0v) is 17.1. The molecule has 0 unspecified atom stereocenters. The number of nitriles is 1. The molecule has 146 valence electrons. The normalized spacial score (nSPS) is 11.4. The van der Waals surface area contributed by atoms with E-state index in [1.807, 2.05) is 26.2 Å². The minimum Gasteiger partial charge on any atom is -0.453 e. The van der Waals surface area contributed by atoms with Crippen LogP contribution in [0, 0.1) is 25.2 Å². The molecule has 28 heavy (non-hydrogen) atoms. The monoisotopic (exact) mass is 398 g/mol. The Kier molecular flexibility index (Phi) is 7.52. The molecule has 2 rings (SSSR count). The number of nitrogens with one attached hydrogen (secondary N) is 1. The number of benzene rings is 1. The lowest BCUT2D eigenvalue weighted by Gasteiger charge is -2.15. The number of carbonyl (C=O) groups excluding carboxylic acids is 2. The van der Waals surface area contributed by atoms with Gasteiger partial charge in [-0.2, -0.15) is 5.26 Å². The Morgan fingerprint density at radius 1 is 1.25 bits per heavy atom. The first-order valence-corrected chi connectivity index (χ1v) is 9.95. The van der Waals surface area contributed by atoms with Gasteiger partial charge in [-0.15, -0.1) is 0 Å². The van der Waals surface area contributed by atoms with Crippen LogP contribution >= 0.6 is 11.8 Å². The van der Waals surface area contributed by atoms with Crippen molar-refractivity contribution in [2.75, 3.05) is 11.6 Å². The van der Waals surface area contributed by atoms with Gasteiger partial charge in [0, 0.05) is 17.8 Å². The standard InChI is InChI=1S/C20H22N4O3S/c1-12-16(13(2)23-20(22-12)28-4)9-10-18(25)27-14(3)19(26)24-17-8-6-5-7-15(17)11-21/h5-8,14H,9-10H2,1-4H3,(H,24,26)/t14-/m0/s1. The van der Waals surface area contributed by atoms with Crippen molar-refractivity contribution >= 4 is 29.3 Å². The predicted octanol–water partition coefficient (Wildman–Crippen LogP) is 3.19. The Balaban J connectivity index is 1.92. The van der Waals surface area contributed by atoms with Crippen LogP contribution < -0.4 is 5.32 Å². The van der Waals surface area contributed by atoms with Crippen molar-refractivity contribution in [2.24, 2.45) is 0 Å². The maximum Gasteiger partial charge on any atom is 0.306 e. The fourth-order valence-electron chi connectivity index (χ4n) is 2.62. The van der Waals surface area contributed by atoms with Crippen LogP contribution in [0.1, 0.15) is 35.9 Å². The fourth-order valence-corrected chi connectivity index (χ4v) is 3.08. The van der Waals surface area contributed by atoms with Crippen LogP contribution in [0.25, 0.3) is 0 Å². The first-order chi connectivity index (χ1) is 13.3. The van der Waals surface area contributed by atoms with E-state index < -0.39 is 18.0 Å². The van der Waals surface area contributed by atoms with Crippen molar-refractivity contribution in [1.82, 2.24) is 9.97 Å². The third-order valence-electron chi connectivity index (χ3n) is 4.14. The van der Waals surface area contributed by atoms with E-state index in [4.69, 9.17) is 10.00 Å². The molecule has 1 aromatic carbocycles. The van der Waals surface area contributed by atoms with Crippen LogP contribution in [0.2, 0.25) is 0 Å². The largest absolute Gasteiger partial charge is 0.453 e. The molecule has 0 fully saturated rings. The van der Waals surface area contributed by atoms with Crippen molar-refractivity contribution < 1.29 is 14.3 Å². The molecule has 1 aromatic heterocycles. The Hall–Kier alpha value is -2.92. The van der Waals surface area contributed by atoms with Gasteiger partial charge < -0.3 is 10.1 Å². The smallest absolute Gasteiger partial charge is 0.306 e. The molecular formula is C20H22N4O3S. The summed E-state index contributed by atoms with van der Waals surface area (Å²) >= 11 is 1.47. The SMILES string of the molecule is CSc1nc(C)c(CCC(=O)O[C@@H](C)C(=O)Nc2ccccc2C#N)c(C)n1. The van der Waals surface area contributed by atoms with Crippen LogP contribution in [0.15, 0.2) is 29.4 Å². The number of anilines is 1. The molecule has 0 aliphatic carbocycles. The number of amides is 1. The average molecular weight is 398 g/mol. The quantitative estimate of drug-likeness (QED) is 0.434. The number of rotatable bonds is 7. The molecule has 0 aliphatic heterocycles. The second-order valence-corrected chi connectivity index (χ2v) is 6.91. The van der Waals surface area contributed by atoms with E-state index in [-0.39, 0.29) is 6.42 Å². The van der Waals surface area contributed by atoms with Gasteiger partial charge in [0.15, 0.2) is 11.3 Å². The minimum absolute atomic E-state index is 0.121. The number of hydrogen-bond donors (Lipinski definition) is 1. The van der Waals surface area contributed by atoms with Gasteiger partial charge in [0.25, 0.3) is 5.91 Å². The third-order valence-corrected chi connectivity index (χ3v) is 4.69. The summed E-state index contributed by atoms with van der Waals surface area (Å²) in [5.74, 6) is -0.972. The van der Waals surface area contributed by atoms with Crippen molar-refractivity contribution in [3.63, 3.8) is 0 Å². The number of aryl methyl sites for hydroxylation is 2. The number of thioether (sulfide) groups is 1. The van der Waals surface area contributed by atoms with Crippen molar-refractivity contribution in [3.05, 3.63) is 46.8 Å². The van der Waals surface area contributed by atoms with E-state index in [1.165, 1.54) is 18.7 Å². The maximum absolute atomic E-state index is 12.2. The highest BCUT2D eigenvalue weighted by Gasteiger charge is 2.19. The summed E-state index contributed by atoms with van der Waals surface area (Å²) in [7, 11) is 0. The number of nitrogens with zero attached hydrogens (tertiary/aromatic N) is 3. The first kappa shape index (κ1) is 21.4. The predicted molar refractivity (Wildman–Crippen MR) is 107 cm³/mol. The molecule has 0 aliphatic rings. The molecule has 0 radical (unpaired) electrons. The Labute approximate surface area is 168 Å². The molecule has 8 heteroatoms. The van der Waals surface area contributed by atoms with E-state index >= 15 is 0 Å². The molecule has 1 atom stereocenters. The van der Waals surface area contributed by atoms with Gasteiger partial charge in [-0.05, 0) is 51.1 Å². The minimum atomic E-state index is -0.975. The Morgan fingerprint density at radius 3 is 2.50 bits per heavy atom. The molecule has 7 nitrogen and oxygen atoms in total. The molecule has 0 saturated heterocycles. The zero-order valence-electron chi connectivity index (χ0n) is 16.3. The van der Waals surface area contributed by atoms with Crippen molar-refractivity contribution in [3.8, 4) is 6.07 Å². The second kappa shape index (κ2) is 9.85. The number of aromatic nitrogens is 2. The van der Waals surface area contributed by atoms with Gasteiger partial charge in [0.05, 0.1) is 11.3 Å². The highest BCUT2D eigenvalue weighted by atomic mass is 32.2. The number of esters is 1. The third kappa shape index (κ3) is 5.54. The summed E-state index contributed by atoms with van der Waals surface area (Å²) < 4.78 is 5.23. The number of ether oxygens (including phenoxy) is 1. The van der Waals surface area contributed by atoms with Crippen LogP contribution in [0.5, 0.6) is 0 Å². The summed E-state index contributed by atoms with van der Waals surface area (Å²) in [6.45, 7) is 5.27. The zero-order chi connectivity index (χ0) is 20.7. The highest BCUT2D eigenvalue weighted by molar-refractivity contribution is 7.98. The van der Waals surface area contributed by atoms with Gasteiger partial charge in [0.1, 0.15) is 6.07 Å². The summed E-state index contributed by atoms with van der Waals surface area (Å²) in [4.78, 5) is 33.2. The summed E-state index contributed by atoms with van der Waals surface area (Å²) in [5, 5.41) is 12.4. The van der Waals surface area contributed by atoms with Gasteiger partial charge in [0.2, 0.25) is 0 Å². The first-order valence-electron chi connectivity index (χ1n) is 8.73. The van der Waals surface area contributed by atoms with E-state index in [0.29, 0.717) is 22.8 Å². The molecular weight excluding hydrogens is 376 g/mol. The van der Waals surface area contributed by atoms with Crippen LogP contribution in [-0.2, 0) is 20.7 Å². The van der Waals surface area contributed by atoms with Crippen molar-refractivity contribution in [1.29, 1.82) is 5.26 Å². The number of carbonyl (C=O) groups is 2. The fraction of sp³-hybridized carbons (Fsp3) is 0.350. The lowest BCUT2D eigenvalue weighted by atomic mass is 10.1. The van der Waals surface area contributed by atoms with Crippen molar-refractivity contribution in [2.45, 2.75) is 44.9 Å². The summed E-state index contributed by atoms with van der Waals surface area (Å²) in [6, 6.07) is 8.64. The van der Waals surface area contributed by atoms with Crippen LogP contribution in [0.3, 0.4) is 0 Å². The Morgan fingerprint density at radius 2 is 1.89 bits per heavy atom. The van der Waals surface area contributed by atoms with E-state index in [9.17, 15) is 9.59 Å². The lowest BCUT2D eigenvalue weighted by Crippen LogP contribution is -2.30. The lowest BCUT2D eigenvalue weighted by molar-refractivity contribution is -0.153. The van der Waals surface area contributed by atoms with Gasteiger partial charge >= 0.3 is 5.97 Å². The van der Waals surface area contributed by atoms with Gasteiger partial charge in [-0.25, -0.2) is 9.97 Å². The average Bonchev–Trinajstić information content (AvgIpc) is 2.67. The molecule has 2 aromatic rings. The highest BCUT2D eigenvalue weighted by Crippen LogP contribution is 2.18. The Bertz CT molecular complexity index is 901.